The molecule has 18 heavy (non-hydrogen) atoms. The van der Waals surface area contributed by atoms with Gasteiger partial charge in [0.2, 0.25) is 0 Å². The predicted octanol–water partition coefficient (Wildman–Crippen LogP) is 2.46. The molecule has 0 atom stereocenters. The number of ether oxygens (including phenoxy) is 2. The zero-order chi connectivity index (χ0) is 13.6. The molecule has 0 aliphatic carbocycles. The molecule has 102 valence electrons. The minimum absolute atomic E-state index is 0.0645. The summed E-state index contributed by atoms with van der Waals surface area (Å²) in [6.07, 6.45) is 4.47. The largest absolute Gasteiger partial charge is 0.452 e. The fourth-order valence-corrected chi connectivity index (χ4v) is 1.12. The standard InChI is InChI=1S/C14H22O4/c1-3-5-9-13(15)17-11-7-8-12-18-14(16)10-6-4-2/h3-6,9-12H2,1-2H3. The average Bonchev–Trinajstić information content (AvgIpc) is 2.37. The van der Waals surface area contributed by atoms with Gasteiger partial charge in [0.1, 0.15) is 0 Å². The van der Waals surface area contributed by atoms with Crippen LogP contribution in [0, 0.1) is 11.8 Å². The van der Waals surface area contributed by atoms with Gasteiger partial charge in [0.05, 0.1) is 0 Å². The molecule has 0 radical (unpaired) electrons. The number of carbonyl (C=O) groups excluding carboxylic acids is 2. The Hall–Kier alpha value is -1.50. The summed E-state index contributed by atoms with van der Waals surface area (Å²) in [5.41, 5.74) is 0. The van der Waals surface area contributed by atoms with Gasteiger partial charge in [-0.2, -0.15) is 0 Å². The summed E-state index contributed by atoms with van der Waals surface area (Å²) < 4.78 is 9.73. The summed E-state index contributed by atoms with van der Waals surface area (Å²) in [7, 11) is 0. The second-order valence-electron chi connectivity index (χ2n) is 3.88. The summed E-state index contributed by atoms with van der Waals surface area (Å²) in [5.74, 6) is 4.81. The molecule has 0 N–H and O–H groups in total. The lowest BCUT2D eigenvalue weighted by molar-refractivity contribution is -0.143. The minimum Gasteiger partial charge on any atom is -0.452 e. The lowest BCUT2D eigenvalue weighted by Crippen LogP contribution is -2.05. The van der Waals surface area contributed by atoms with Gasteiger partial charge < -0.3 is 9.47 Å². The van der Waals surface area contributed by atoms with E-state index in [2.05, 4.69) is 11.8 Å². The van der Waals surface area contributed by atoms with Crippen LogP contribution in [-0.4, -0.2) is 25.2 Å². The van der Waals surface area contributed by atoms with Crippen LogP contribution >= 0.6 is 0 Å². The van der Waals surface area contributed by atoms with Gasteiger partial charge in [-0.15, -0.1) is 0 Å². The van der Waals surface area contributed by atoms with Crippen molar-refractivity contribution in [1.82, 2.24) is 0 Å². The maximum atomic E-state index is 11.1. The van der Waals surface area contributed by atoms with Gasteiger partial charge in [-0.25, -0.2) is 0 Å². The number of carbonyl (C=O) groups is 2. The van der Waals surface area contributed by atoms with Crippen molar-refractivity contribution in [1.29, 1.82) is 0 Å². The molecule has 4 nitrogen and oxygen atoms in total. The number of hydrogen-bond donors (Lipinski definition) is 0. The number of esters is 2. The van der Waals surface area contributed by atoms with Gasteiger partial charge >= 0.3 is 11.9 Å². The molecule has 0 amide bonds. The van der Waals surface area contributed by atoms with Gasteiger partial charge in [0.25, 0.3) is 0 Å². The molecule has 0 aliphatic heterocycles. The zero-order valence-electron chi connectivity index (χ0n) is 11.3. The third-order valence-corrected chi connectivity index (χ3v) is 2.20. The molecule has 4 heteroatoms. The normalized spacial score (nSPS) is 9.22. The highest BCUT2D eigenvalue weighted by atomic mass is 16.5. The molecule has 0 unspecified atom stereocenters. The van der Waals surface area contributed by atoms with Gasteiger partial charge in [0.15, 0.2) is 13.2 Å². The van der Waals surface area contributed by atoms with Gasteiger partial charge in [0, 0.05) is 12.8 Å². The molecule has 0 rings (SSSR count). The van der Waals surface area contributed by atoms with Crippen LogP contribution in [0.3, 0.4) is 0 Å². The highest BCUT2D eigenvalue weighted by Gasteiger charge is 2.00. The van der Waals surface area contributed by atoms with Crippen LogP contribution in [0.25, 0.3) is 0 Å². The summed E-state index contributed by atoms with van der Waals surface area (Å²) in [6, 6.07) is 0. The van der Waals surface area contributed by atoms with E-state index in [0.29, 0.717) is 12.8 Å². The van der Waals surface area contributed by atoms with Gasteiger partial charge in [-0.3, -0.25) is 9.59 Å². The quantitative estimate of drug-likeness (QED) is 0.493. The molecular weight excluding hydrogens is 232 g/mol. The smallest absolute Gasteiger partial charge is 0.306 e. The van der Waals surface area contributed by atoms with Crippen molar-refractivity contribution in [2.24, 2.45) is 0 Å². The Morgan fingerprint density at radius 2 is 1.22 bits per heavy atom. The summed E-state index contributed by atoms with van der Waals surface area (Å²) in [4.78, 5) is 22.2. The summed E-state index contributed by atoms with van der Waals surface area (Å²) in [5, 5.41) is 0. The van der Waals surface area contributed by atoms with Crippen LogP contribution in [0.15, 0.2) is 0 Å². The Labute approximate surface area is 109 Å². The van der Waals surface area contributed by atoms with E-state index in [4.69, 9.17) is 9.47 Å². The number of unbranched alkanes of at least 4 members (excludes halogenated alkanes) is 2. The van der Waals surface area contributed by atoms with E-state index in [1.807, 2.05) is 13.8 Å². The summed E-state index contributed by atoms with van der Waals surface area (Å²) >= 11 is 0. The molecule has 0 bridgehead atoms. The van der Waals surface area contributed by atoms with E-state index < -0.39 is 0 Å². The van der Waals surface area contributed by atoms with Crippen molar-refractivity contribution in [3.8, 4) is 11.8 Å². The SMILES string of the molecule is CCCCC(=O)OCC#CCOC(=O)CCCC. The first-order valence-electron chi connectivity index (χ1n) is 6.47. The Balaban J connectivity index is 3.49. The second-order valence-corrected chi connectivity index (χ2v) is 3.88. The van der Waals surface area contributed by atoms with Crippen molar-refractivity contribution < 1.29 is 19.1 Å². The van der Waals surface area contributed by atoms with E-state index in [1.165, 1.54) is 0 Å². The number of rotatable bonds is 8. The van der Waals surface area contributed by atoms with Crippen LogP contribution in [0.1, 0.15) is 52.4 Å². The minimum atomic E-state index is -0.230. The molecule has 0 saturated carbocycles. The van der Waals surface area contributed by atoms with Crippen LogP contribution in [0.5, 0.6) is 0 Å². The van der Waals surface area contributed by atoms with Crippen LogP contribution in [-0.2, 0) is 19.1 Å². The third kappa shape index (κ3) is 11.0. The molecule has 0 aromatic rings. The molecular formula is C14H22O4. The first kappa shape index (κ1) is 16.5. The van der Waals surface area contributed by atoms with Crippen LogP contribution in [0.2, 0.25) is 0 Å². The first-order valence-corrected chi connectivity index (χ1v) is 6.47. The van der Waals surface area contributed by atoms with Crippen LogP contribution < -0.4 is 0 Å². The lowest BCUT2D eigenvalue weighted by Gasteiger charge is -1.99. The molecule has 0 heterocycles. The molecule has 0 saturated heterocycles. The Morgan fingerprint density at radius 3 is 1.56 bits per heavy atom. The van der Waals surface area contributed by atoms with Crippen molar-refractivity contribution in [3.05, 3.63) is 0 Å². The third-order valence-electron chi connectivity index (χ3n) is 2.20. The van der Waals surface area contributed by atoms with E-state index in [9.17, 15) is 9.59 Å². The Kier molecular flexibility index (Phi) is 11.0. The van der Waals surface area contributed by atoms with Crippen molar-refractivity contribution >= 4 is 11.9 Å². The monoisotopic (exact) mass is 254 g/mol. The predicted molar refractivity (Wildman–Crippen MR) is 68.7 cm³/mol. The fourth-order valence-electron chi connectivity index (χ4n) is 1.12. The lowest BCUT2D eigenvalue weighted by atomic mass is 10.2. The van der Waals surface area contributed by atoms with Crippen molar-refractivity contribution in [2.75, 3.05) is 13.2 Å². The molecule has 0 spiro atoms. The maximum absolute atomic E-state index is 11.1. The van der Waals surface area contributed by atoms with E-state index in [1.54, 1.807) is 0 Å². The highest BCUT2D eigenvalue weighted by molar-refractivity contribution is 5.69. The second kappa shape index (κ2) is 12.0. The van der Waals surface area contributed by atoms with Crippen LogP contribution in [0.4, 0.5) is 0 Å². The van der Waals surface area contributed by atoms with E-state index in [-0.39, 0.29) is 25.2 Å². The van der Waals surface area contributed by atoms with Gasteiger partial charge in [-0.05, 0) is 12.8 Å². The molecule has 0 aliphatic rings. The van der Waals surface area contributed by atoms with Gasteiger partial charge in [-0.1, -0.05) is 38.5 Å². The molecule has 0 aromatic carbocycles. The topological polar surface area (TPSA) is 52.6 Å². The summed E-state index contributed by atoms with van der Waals surface area (Å²) in [6.45, 7) is 4.16. The number of hydrogen-bond acceptors (Lipinski definition) is 4. The zero-order valence-corrected chi connectivity index (χ0v) is 11.3. The van der Waals surface area contributed by atoms with E-state index >= 15 is 0 Å². The Bertz CT molecular complexity index is 271. The first-order chi connectivity index (χ1) is 8.70. The fraction of sp³-hybridized carbons (Fsp3) is 0.714. The average molecular weight is 254 g/mol. The molecule has 0 aromatic heterocycles. The molecule has 0 fully saturated rings. The van der Waals surface area contributed by atoms with Crippen molar-refractivity contribution in [2.45, 2.75) is 52.4 Å². The van der Waals surface area contributed by atoms with Crippen molar-refractivity contribution in [3.63, 3.8) is 0 Å². The Morgan fingerprint density at radius 1 is 0.833 bits per heavy atom. The van der Waals surface area contributed by atoms with E-state index in [0.717, 1.165) is 25.7 Å². The highest BCUT2D eigenvalue weighted by Crippen LogP contribution is 1.96. The maximum Gasteiger partial charge on any atom is 0.306 e.